The fourth-order valence-electron chi connectivity index (χ4n) is 6.15. The Bertz CT molecular complexity index is 1830. The van der Waals surface area contributed by atoms with Gasteiger partial charge in [-0.25, -0.2) is 8.78 Å². The zero-order chi connectivity index (χ0) is 39.5. The molecule has 1 aromatic heterocycles. The molecule has 0 saturated heterocycles. The molecule has 52 heavy (non-hydrogen) atoms. The van der Waals surface area contributed by atoms with Crippen LogP contribution in [0.2, 0.25) is 0 Å². The number of nitrogens with one attached hydrogen (secondary N) is 1. The molecule has 1 unspecified atom stereocenters. The molecule has 3 rings (SSSR count). The first-order valence-corrected chi connectivity index (χ1v) is 16.6. The standard InChI is InChI=1S/C37H43F8N3O4/c1-9-52-30(50)17-27(32-33(38)22(6)15-25(34(32)39)31-20(4)13-24(14-21(31)5)36(40,41)42)46-35(51)28(12-19(2)3)48-18-23(10-11-47(7)8)26(16-29(48)49)37(43,44)45/h13-16,18-19,27-28H,9-12,17H2,1-8H3,(H,46,51)/t27-,28?/m0/s1. The van der Waals surface area contributed by atoms with E-state index in [0.717, 1.165) is 29.0 Å². The van der Waals surface area contributed by atoms with Crippen molar-refractivity contribution in [3.63, 3.8) is 0 Å². The number of carbonyl (C=O) groups excluding carboxylic acids is 2. The largest absolute Gasteiger partial charge is 0.466 e. The molecule has 0 bridgehead atoms. The van der Waals surface area contributed by atoms with Crippen molar-refractivity contribution >= 4 is 11.9 Å². The molecular weight excluding hydrogens is 702 g/mol. The summed E-state index contributed by atoms with van der Waals surface area (Å²) in [4.78, 5) is 41.8. The van der Waals surface area contributed by atoms with Crippen molar-refractivity contribution in [2.45, 2.75) is 85.2 Å². The molecular formula is C37H43F8N3O4. The summed E-state index contributed by atoms with van der Waals surface area (Å²) in [6, 6.07) is -0.0892. The fraction of sp³-hybridized carbons (Fsp3) is 0.486. The lowest BCUT2D eigenvalue weighted by Gasteiger charge is -2.27. The zero-order valence-corrected chi connectivity index (χ0v) is 30.2. The topological polar surface area (TPSA) is 80.6 Å². The van der Waals surface area contributed by atoms with Gasteiger partial charge in [-0.1, -0.05) is 13.8 Å². The molecule has 0 spiro atoms. The van der Waals surface area contributed by atoms with Gasteiger partial charge in [-0.2, -0.15) is 26.3 Å². The monoisotopic (exact) mass is 745 g/mol. The maximum Gasteiger partial charge on any atom is 0.416 e. The van der Waals surface area contributed by atoms with Gasteiger partial charge in [-0.05, 0) is 107 Å². The number of alkyl halides is 6. The van der Waals surface area contributed by atoms with Gasteiger partial charge in [0.15, 0.2) is 0 Å². The van der Waals surface area contributed by atoms with Crippen molar-refractivity contribution in [2.24, 2.45) is 5.92 Å². The van der Waals surface area contributed by atoms with Gasteiger partial charge in [-0.15, -0.1) is 0 Å². The maximum atomic E-state index is 16.7. The van der Waals surface area contributed by atoms with E-state index < -0.39 is 76.6 Å². The molecule has 15 heteroatoms. The Morgan fingerprint density at radius 1 is 0.904 bits per heavy atom. The quantitative estimate of drug-likeness (QED) is 0.141. The second-order valence-electron chi connectivity index (χ2n) is 13.5. The molecule has 2 atom stereocenters. The Labute approximate surface area is 297 Å². The van der Waals surface area contributed by atoms with E-state index in [-0.39, 0.29) is 65.3 Å². The molecule has 0 fully saturated rings. The van der Waals surface area contributed by atoms with E-state index in [1.165, 1.54) is 27.7 Å². The molecule has 0 radical (unpaired) electrons. The number of esters is 1. The summed E-state index contributed by atoms with van der Waals surface area (Å²) in [6.07, 6.45) is -9.63. The highest BCUT2D eigenvalue weighted by Gasteiger charge is 2.37. The normalized spacial score (nSPS) is 13.4. The molecule has 2 aromatic carbocycles. The van der Waals surface area contributed by atoms with E-state index >= 15 is 8.78 Å². The van der Waals surface area contributed by atoms with Crippen molar-refractivity contribution in [2.75, 3.05) is 27.2 Å². The maximum absolute atomic E-state index is 16.7. The zero-order valence-electron chi connectivity index (χ0n) is 30.2. The molecule has 0 aliphatic heterocycles. The molecule has 7 nitrogen and oxygen atoms in total. The number of likely N-dealkylation sites (N-methyl/N-ethyl adjacent to an activating group) is 1. The summed E-state index contributed by atoms with van der Waals surface area (Å²) in [7, 11) is 3.30. The predicted molar refractivity (Wildman–Crippen MR) is 180 cm³/mol. The van der Waals surface area contributed by atoms with E-state index in [2.05, 4.69) is 5.32 Å². The van der Waals surface area contributed by atoms with Gasteiger partial charge in [0.05, 0.1) is 30.2 Å². The number of benzene rings is 2. The van der Waals surface area contributed by atoms with Crippen molar-refractivity contribution < 1.29 is 49.4 Å². The number of rotatable bonds is 13. The lowest BCUT2D eigenvalue weighted by molar-refractivity contribution is -0.144. The van der Waals surface area contributed by atoms with Crippen LogP contribution in [-0.2, 0) is 33.1 Å². The van der Waals surface area contributed by atoms with Crippen molar-refractivity contribution in [1.29, 1.82) is 0 Å². The summed E-state index contributed by atoms with van der Waals surface area (Å²) >= 11 is 0. The van der Waals surface area contributed by atoms with E-state index in [0.29, 0.717) is 6.07 Å². The molecule has 286 valence electrons. The van der Waals surface area contributed by atoms with Crippen molar-refractivity contribution in [1.82, 2.24) is 14.8 Å². The highest BCUT2D eigenvalue weighted by molar-refractivity contribution is 5.82. The van der Waals surface area contributed by atoms with Gasteiger partial charge < -0.3 is 19.5 Å². The van der Waals surface area contributed by atoms with Crippen molar-refractivity contribution in [3.8, 4) is 11.1 Å². The Hall–Kier alpha value is -4.27. The number of ether oxygens (including phenoxy) is 1. The summed E-state index contributed by atoms with van der Waals surface area (Å²) in [5.74, 6) is -4.72. The summed E-state index contributed by atoms with van der Waals surface area (Å²) < 4.78 is 121. The second-order valence-corrected chi connectivity index (χ2v) is 13.5. The van der Waals surface area contributed by atoms with Crippen LogP contribution in [0.15, 0.2) is 35.3 Å². The lowest BCUT2D eigenvalue weighted by Crippen LogP contribution is -2.41. The Kier molecular flexibility index (Phi) is 13.5. The molecule has 0 saturated carbocycles. The molecule has 1 N–H and O–H groups in total. The van der Waals surface area contributed by atoms with Crippen LogP contribution >= 0.6 is 0 Å². The van der Waals surface area contributed by atoms with Crippen LogP contribution in [0.4, 0.5) is 35.1 Å². The van der Waals surface area contributed by atoms with Crippen LogP contribution in [0.25, 0.3) is 11.1 Å². The Balaban J connectivity index is 2.25. The Morgan fingerprint density at radius 3 is 2.00 bits per heavy atom. The predicted octanol–water partition coefficient (Wildman–Crippen LogP) is 8.26. The number of aromatic nitrogens is 1. The number of amides is 1. The average molecular weight is 746 g/mol. The van der Waals surface area contributed by atoms with E-state index in [1.807, 2.05) is 0 Å². The minimum Gasteiger partial charge on any atom is -0.466 e. The van der Waals surface area contributed by atoms with Gasteiger partial charge in [0, 0.05) is 29.9 Å². The van der Waals surface area contributed by atoms with Gasteiger partial charge >= 0.3 is 18.3 Å². The number of halogens is 8. The number of aryl methyl sites for hydroxylation is 3. The van der Waals surface area contributed by atoms with E-state index in [4.69, 9.17) is 4.74 Å². The van der Waals surface area contributed by atoms with Crippen LogP contribution < -0.4 is 10.9 Å². The molecule has 3 aromatic rings. The van der Waals surface area contributed by atoms with E-state index in [1.54, 1.807) is 32.8 Å². The first-order chi connectivity index (χ1) is 24.0. The van der Waals surface area contributed by atoms with Crippen LogP contribution in [0.1, 0.15) is 84.6 Å². The average Bonchev–Trinajstić information content (AvgIpc) is 3.00. The van der Waals surface area contributed by atoms with Crippen molar-refractivity contribution in [3.05, 3.63) is 91.4 Å². The first-order valence-electron chi connectivity index (χ1n) is 16.6. The highest BCUT2D eigenvalue weighted by Crippen LogP contribution is 2.40. The molecule has 0 aliphatic carbocycles. The van der Waals surface area contributed by atoms with E-state index in [9.17, 15) is 40.7 Å². The van der Waals surface area contributed by atoms with Gasteiger partial charge in [0.25, 0.3) is 5.56 Å². The number of nitrogens with zero attached hydrogens (tertiary/aromatic N) is 2. The van der Waals surface area contributed by atoms with Gasteiger partial charge in [0.2, 0.25) is 5.91 Å². The van der Waals surface area contributed by atoms with Crippen LogP contribution in [0.3, 0.4) is 0 Å². The van der Waals surface area contributed by atoms with Crippen LogP contribution in [0, 0.1) is 38.3 Å². The minimum atomic E-state index is -4.87. The summed E-state index contributed by atoms with van der Waals surface area (Å²) in [5.41, 5.74) is -4.68. The first kappa shape index (κ1) is 42.1. The number of hydrogen-bond acceptors (Lipinski definition) is 5. The lowest BCUT2D eigenvalue weighted by atomic mass is 9.88. The van der Waals surface area contributed by atoms with Crippen LogP contribution in [0.5, 0.6) is 0 Å². The van der Waals surface area contributed by atoms with Gasteiger partial charge in [0.1, 0.15) is 17.7 Å². The number of pyridine rings is 1. The number of carbonyl (C=O) groups is 2. The molecule has 0 aliphatic rings. The third-order valence-electron chi connectivity index (χ3n) is 8.52. The summed E-state index contributed by atoms with van der Waals surface area (Å²) in [6.45, 7) is 8.86. The number of hydrogen-bond donors (Lipinski definition) is 1. The molecule has 1 heterocycles. The third kappa shape index (κ3) is 9.98. The third-order valence-corrected chi connectivity index (χ3v) is 8.52. The minimum absolute atomic E-state index is 0.0258. The fourth-order valence-corrected chi connectivity index (χ4v) is 6.15. The molecule has 1 amide bonds. The van der Waals surface area contributed by atoms with Gasteiger partial charge in [-0.3, -0.25) is 14.4 Å². The Morgan fingerprint density at radius 2 is 1.50 bits per heavy atom. The highest BCUT2D eigenvalue weighted by atomic mass is 19.4. The second kappa shape index (κ2) is 16.6. The SMILES string of the molecule is CCOC(=O)C[C@H](NC(=O)C(CC(C)C)n1cc(CCN(C)C)c(C(F)(F)F)cc1=O)c1c(F)c(C)cc(-c2c(C)cc(C(F)(F)F)cc2C)c1F. The summed E-state index contributed by atoms with van der Waals surface area (Å²) in [5, 5.41) is 2.46. The van der Waals surface area contributed by atoms with Crippen LogP contribution in [-0.4, -0.2) is 48.6 Å². The smallest absolute Gasteiger partial charge is 0.416 e.